The summed E-state index contributed by atoms with van der Waals surface area (Å²) in [6.45, 7) is 8.04. The van der Waals surface area contributed by atoms with Crippen LogP contribution in [0.1, 0.15) is 129 Å². The lowest BCUT2D eigenvalue weighted by molar-refractivity contribution is -0.149. The topological polar surface area (TPSA) is 187 Å². The summed E-state index contributed by atoms with van der Waals surface area (Å²) in [6, 6.07) is -1.96. The number of carbonyl (C=O) groups is 7. The molecule has 2 N–H and O–H groups in total. The lowest BCUT2D eigenvalue weighted by Gasteiger charge is -2.41. The van der Waals surface area contributed by atoms with E-state index >= 15 is 0 Å². The fraction of sp³-hybridized carbons (Fsp3) is 0.804. The normalized spacial score (nSPS) is 25.6. The van der Waals surface area contributed by atoms with Crippen molar-refractivity contribution in [1.29, 1.82) is 0 Å². The van der Waals surface area contributed by atoms with Crippen molar-refractivity contribution in [3.05, 3.63) is 12.7 Å². The van der Waals surface area contributed by atoms with Crippen LogP contribution < -0.4 is 10.6 Å². The number of nitrogens with one attached hydrogen (secondary N) is 2. The van der Waals surface area contributed by atoms with Gasteiger partial charge in [-0.1, -0.05) is 77.9 Å². The predicted molar refractivity (Wildman–Crippen MR) is 225 cm³/mol. The molecule has 1 saturated heterocycles. The molecule has 1 heterocycles. The van der Waals surface area contributed by atoms with Crippen molar-refractivity contribution in [1.82, 2.24) is 20.4 Å². The molecule has 0 aromatic rings. The van der Waals surface area contributed by atoms with Crippen LogP contribution in [-0.4, -0.2) is 122 Å². The number of ether oxygens (including phenoxy) is 4. The Morgan fingerprint density at radius 2 is 1.49 bits per heavy atom. The Hall–Kier alpha value is -4.01. The quantitative estimate of drug-likeness (QED) is 0.0931. The largest absolute Gasteiger partial charge is 0.469 e. The highest BCUT2D eigenvalue weighted by atomic mass is 16.5. The Kier molecular flexibility index (Phi) is 18.0. The van der Waals surface area contributed by atoms with E-state index in [-0.39, 0.29) is 69.7 Å². The number of fused-ring (bicyclic) bond motifs is 1. The van der Waals surface area contributed by atoms with Crippen molar-refractivity contribution in [2.24, 2.45) is 35.5 Å². The van der Waals surface area contributed by atoms with Gasteiger partial charge in [0.15, 0.2) is 0 Å². The maximum absolute atomic E-state index is 14.8. The van der Waals surface area contributed by atoms with Crippen molar-refractivity contribution in [2.45, 2.75) is 153 Å². The lowest BCUT2D eigenvalue weighted by atomic mass is 9.66. The number of likely N-dealkylation sites (tertiary alicyclic amines) is 1. The zero-order valence-electron chi connectivity index (χ0n) is 37.1. The van der Waals surface area contributed by atoms with Gasteiger partial charge in [-0.05, 0) is 68.1 Å². The van der Waals surface area contributed by atoms with Crippen molar-refractivity contribution in [3.8, 4) is 0 Å². The molecule has 61 heavy (non-hydrogen) atoms. The summed E-state index contributed by atoms with van der Waals surface area (Å²) in [5.41, 5.74) is -1.15. The van der Waals surface area contributed by atoms with E-state index in [2.05, 4.69) is 17.2 Å². The molecule has 4 saturated carbocycles. The van der Waals surface area contributed by atoms with Gasteiger partial charge in [0.2, 0.25) is 23.6 Å². The molecule has 0 aromatic carbocycles. The van der Waals surface area contributed by atoms with E-state index in [1.807, 2.05) is 13.8 Å². The van der Waals surface area contributed by atoms with E-state index in [0.29, 0.717) is 31.3 Å². The van der Waals surface area contributed by atoms with E-state index in [1.54, 1.807) is 0 Å². The predicted octanol–water partition coefficient (Wildman–Crippen LogP) is 4.64. The maximum Gasteiger partial charge on any atom is 0.332 e. The smallest absolute Gasteiger partial charge is 0.332 e. The van der Waals surface area contributed by atoms with E-state index in [4.69, 9.17) is 18.9 Å². The molecule has 5 fully saturated rings. The van der Waals surface area contributed by atoms with Crippen LogP contribution in [0.5, 0.6) is 0 Å². The fourth-order valence-corrected chi connectivity index (χ4v) is 10.3. The summed E-state index contributed by atoms with van der Waals surface area (Å²) >= 11 is 0. The number of methoxy groups -OCH3 is 2. The molecule has 0 aromatic heterocycles. The van der Waals surface area contributed by atoms with Crippen LogP contribution in [0, 0.1) is 35.5 Å². The standard InChI is InChI=1S/C46H72N4O11/c1-6-25-60-45(57)46(21-22-46)48-43(55)37-26-34(61-29-33-17-12-16-31-15-10-11-18-35(31)33)28-50(37)44(56)41(30(2)3)47-42(54)36(32-13-8-7-9-14-32)27-38(51)49(23-19-39(52)58-4)24-20-40(53)59-5/h6,30-37,41H,1,7-29H2,2-5H3,(H,47,54)(H,48,55)/t31?,33?,34-,35?,36+,37+,41+/m1/s1. The molecular formula is C46H72N4O11. The molecule has 5 aliphatic rings. The number of carbonyl (C=O) groups excluding carboxylic acids is 7. The molecular weight excluding hydrogens is 785 g/mol. The highest BCUT2D eigenvalue weighted by Gasteiger charge is 2.55. The Morgan fingerprint density at radius 3 is 2.11 bits per heavy atom. The first kappa shape index (κ1) is 48.0. The number of hydrogen-bond donors (Lipinski definition) is 2. The van der Waals surface area contributed by atoms with Crippen LogP contribution in [-0.2, 0) is 52.5 Å². The molecule has 5 rings (SSSR count). The second-order valence-electron chi connectivity index (χ2n) is 18.5. The minimum Gasteiger partial charge on any atom is -0.469 e. The second-order valence-corrected chi connectivity index (χ2v) is 18.5. The van der Waals surface area contributed by atoms with Gasteiger partial charge in [-0.2, -0.15) is 0 Å². The van der Waals surface area contributed by atoms with Crippen LogP contribution >= 0.6 is 0 Å². The monoisotopic (exact) mass is 857 g/mol. The summed E-state index contributed by atoms with van der Waals surface area (Å²) in [5, 5.41) is 5.97. The number of rotatable bonds is 21. The SMILES string of the molecule is C=CCOC(=O)C1(NC(=O)[C@@H]2C[C@@H](OCC3CCCC4CCCCC43)CN2C(=O)[C@@H](NC(=O)[C@@H](CC(=O)N(CCC(=O)OC)CCC(=O)OC)C2CCCCC2)C(C)C)CC1. The summed E-state index contributed by atoms with van der Waals surface area (Å²) in [6.07, 6.45) is 14.7. The van der Waals surface area contributed by atoms with Crippen molar-refractivity contribution in [2.75, 3.05) is 47.1 Å². The molecule has 4 amide bonds. The van der Waals surface area contributed by atoms with Crippen LogP contribution in [0.2, 0.25) is 0 Å². The van der Waals surface area contributed by atoms with Gasteiger partial charge in [-0.15, -0.1) is 0 Å². The molecule has 0 radical (unpaired) electrons. The number of nitrogens with zero attached hydrogens (tertiary/aromatic N) is 2. The van der Waals surface area contributed by atoms with Crippen molar-refractivity contribution < 1.29 is 52.5 Å². The third kappa shape index (κ3) is 13.0. The summed E-state index contributed by atoms with van der Waals surface area (Å²) in [4.78, 5) is 97.5. The van der Waals surface area contributed by atoms with Gasteiger partial charge in [0, 0.05) is 38.4 Å². The fourth-order valence-electron chi connectivity index (χ4n) is 10.3. The first-order chi connectivity index (χ1) is 29.3. The van der Waals surface area contributed by atoms with Crippen molar-refractivity contribution >= 4 is 41.5 Å². The van der Waals surface area contributed by atoms with E-state index in [9.17, 15) is 33.6 Å². The molecule has 342 valence electrons. The van der Waals surface area contributed by atoms with Gasteiger partial charge in [-0.25, -0.2) is 4.79 Å². The van der Waals surface area contributed by atoms with Gasteiger partial charge >= 0.3 is 17.9 Å². The molecule has 15 heteroatoms. The summed E-state index contributed by atoms with van der Waals surface area (Å²) in [7, 11) is 2.52. The number of amides is 4. The lowest BCUT2D eigenvalue weighted by Crippen LogP contribution is -2.58. The van der Waals surface area contributed by atoms with Gasteiger partial charge in [0.1, 0.15) is 24.2 Å². The second kappa shape index (κ2) is 22.9. The number of esters is 3. The Morgan fingerprint density at radius 1 is 0.852 bits per heavy atom. The molecule has 1 aliphatic heterocycles. The van der Waals surface area contributed by atoms with Crippen molar-refractivity contribution in [3.63, 3.8) is 0 Å². The molecule has 15 nitrogen and oxygen atoms in total. The molecule has 3 unspecified atom stereocenters. The zero-order valence-corrected chi connectivity index (χ0v) is 37.1. The third-order valence-electron chi connectivity index (χ3n) is 14.1. The molecule has 7 atom stereocenters. The van der Waals surface area contributed by atoms with E-state index < -0.39 is 65.3 Å². The Labute approximate surface area is 362 Å². The summed E-state index contributed by atoms with van der Waals surface area (Å²) < 4.78 is 21.5. The molecule has 0 spiro atoms. The third-order valence-corrected chi connectivity index (χ3v) is 14.1. The highest BCUT2D eigenvalue weighted by molar-refractivity contribution is 5.97. The van der Waals surface area contributed by atoms with Crippen LogP contribution in [0.25, 0.3) is 0 Å². The number of hydrogen-bond acceptors (Lipinski definition) is 11. The van der Waals surface area contributed by atoms with Crippen LogP contribution in [0.3, 0.4) is 0 Å². The van der Waals surface area contributed by atoms with Crippen LogP contribution in [0.4, 0.5) is 0 Å². The molecule has 0 bridgehead atoms. The Balaban J connectivity index is 1.34. The minimum atomic E-state index is -1.15. The van der Waals surface area contributed by atoms with Gasteiger partial charge in [-0.3, -0.25) is 28.8 Å². The van der Waals surface area contributed by atoms with E-state index in [1.165, 1.54) is 68.6 Å². The summed E-state index contributed by atoms with van der Waals surface area (Å²) in [5.74, 6) is -2.73. The van der Waals surface area contributed by atoms with Gasteiger partial charge < -0.3 is 39.4 Å². The molecule has 4 aliphatic carbocycles. The van der Waals surface area contributed by atoms with E-state index in [0.717, 1.165) is 44.4 Å². The average molecular weight is 857 g/mol. The maximum atomic E-state index is 14.8. The zero-order chi connectivity index (χ0) is 44.1. The van der Waals surface area contributed by atoms with Gasteiger partial charge in [0.05, 0.1) is 39.8 Å². The first-order valence-corrected chi connectivity index (χ1v) is 23.0. The minimum absolute atomic E-state index is 0.00547. The van der Waals surface area contributed by atoms with Gasteiger partial charge in [0.25, 0.3) is 0 Å². The first-order valence-electron chi connectivity index (χ1n) is 23.0. The van der Waals surface area contributed by atoms with Crippen LogP contribution in [0.15, 0.2) is 12.7 Å². The average Bonchev–Trinajstić information content (AvgIpc) is 3.93. The highest BCUT2D eigenvalue weighted by Crippen LogP contribution is 2.44. The Bertz CT molecular complexity index is 1540.